The van der Waals surface area contributed by atoms with E-state index in [0.29, 0.717) is 0 Å². The summed E-state index contributed by atoms with van der Waals surface area (Å²) in [6.45, 7) is 4.71. The molecule has 0 aliphatic heterocycles. The van der Waals surface area contributed by atoms with Crippen LogP contribution in [0.3, 0.4) is 0 Å². The molecule has 1 radical (unpaired) electrons. The van der Waals surface area contributed by atoms with E-state index < -0.39 is 0 Å². The van der Waals surface area contributed by atoms with Gasteiger partial charge in [-0.3, -0.25) is 0 Å². The zero-order chi connectivity index (χ0) is 16.7. The zero-order valence-electron chi connectivity index (χ0n) is 15.9. The minimum Gasteiger partial charge on any atom is -0.854 e. The maximum Gasteiger partial charge on any atom is 2.00 e. The van der Waals surface area contributed by atoms with Gasteiger partial charge in [-0.05, 0) is 0 Å². The van der Waals surface area contributed by atoms with Crippen molar-refractivity contribution >= 4 is 0 Å². The third kappa shape index (κ3) is 34.7. The summed E-state index contributed by atoms with van der Waals surface area (Å²) < 4.78 is 0. The molecule has 0 saturated heterocycles. The molecule has 0 aromatic heterocycles. The average Bonchev–Trinajstić information content (AvgIpc) is 2.54. The second kappa shape index (κ2) is 30.3. The summed E-state index contributed by atoms with van der Waals surface area (Å²) in [6, 6.07) is 0. The van der Waals surface area contributed by atoms with Crippen molar-refractivity contribution in [2.45, 2.75) is 117 Å². The minimum absolute atomic E-state index is 0. The second-order valence-corrected chi connectivity index (χ2v) is 6.36. The fraction of sp³-hybridized carbons (Fsp3) is 1.00. The Balaban J connectivity index is -0.000000333. The van der Waals surface area contributed by atoms with Crippen molar-refractivity contribution in [2.75, 3.05) is 13.2 Å². The summed E-state index contributed by atoms with van der Waals surface area (Å²) in [7, 11) is 0. The average molecular weight is 373 g/mol. The third-order valence-corrected chi connectivity index (χ3v) is 4.00. The molecule has 0 unspecified atom stereocenters. The van der Waals surface area contributed by atoms with E-state index in [4.69, 9.17) is 0 Å². The van der Waals surface area contributed by atoms with Crippen molar-refractivity contribution in [1.29, 1.82) is 0 Å². The largest absolute Gasteiger partial charge is 2.00 e. The summed E-state index contributed by atoms with van der Waals surface area (Å²) in [5.41, 5.74) is 0. The molecule has 143 valence electrons. The molecule has 3 heteroatoms. The molecule has 0 rings (SSSR count). The smallest absolute Gasteiger partial charge is 0.854 e. The van der Waals surface area contributed by atoms with Gasteiger partial charge in [0.05, 0.1) is 0 Å². The minimum atomic E-state index is 0. The Morgan fingerprint density at radius 1 is 0.391 bits per heavy atom. The predicted octanol–water partition coefficient (Wildman–Crippen LogP) is 4.97. The molecule has 0 spiro atoms. The van der Waals surface area contributed by atoms with Crippen LogP contribution in [0.1, 0.15) is 117 Å². The van der Waals surface area contributed by atoms with E-state index in [1.54, 1.807) is 0 Å². The first kappa shape index (κ1) is 28.2. The monoisotopic (exact) mass is 373 g/mol. The topological polar surface area (TPSA) is 46.1 Å². The van der Waals surface area contributed by atoms with Gasteiger partial charge in [0, 0.05) is 0 Å². The van der Waals surface area contributed by atoms with E-state index in [9.17, 15) is 10.2 Å². The Labute approximate surface area is 157 Å². The van der Waals surface area contributed by atoms with Crippen LogP contribution < -0.4 is 10.2 Å². The van der Waals surface area contributed by atoms with Crippen LogP contribution in [-0.2, 0) is 16.8 Å². The molecular weight excluding hydrogens is 331 g/mol. The van der Waals surface area contributed by atoms with E-state index in [0.717, 1.165) is 25.7 Å². The Bertz CT molecular complexity index is 132. The van der Waals surface area contributed by atoms with Gasteiger partial charge in [0.2, 0.25) is 0 Å². The van der Waals surface area contributed by atoms with E-state index >= 15 is 0 Å². The molecule has 23 heavy (non-hydrogen) atoms. The standard InChI is InChI=1S/2C10H21O.Co/c2*1-2-3-4-5-6-7-8-9-10-11;/h2*2-10H2,1H3;/q2*-1;+2. The van der Waals surface area contributed by atoms with Gasteiger partial charge < -0.3 is 10.2 Å². The first-order chi connectivity index (χ1) is 10.8. The first-order valence-corrected chi connectivity index (χ1v) is 9.99. The number of rotatable bonds is 16. The molecule has 0 fully saturated rings. The molecule has 2 nitrogen and oxygen atoms in total. The molecule has 0 atom stereocenters. The van der Waals surface area contributed by atoms with Crippen LogP contribution in [0, 0.1) is 0 Å². The van der Waals surface area contributed by atoms with Crippen LogP contribution in [0.5, 0.6) is 0 Å². The van der Waals surface area contributed by atoms with Crippen LogP contribution in [0.25, 0.3) is 0 Å². The van der Waals surface area contributed by atoms with E-state index in [1.165, 1.54) is 77.0 Å². The quantitative estimate of drug-likeness (QED) is 0.359. The molecule has 0 N–H and O–H groups in total. The van der Waals surface area contributed by atoms with Crippen LogP contribution in [-0.4, -0.2) is 13.2 Å². The molecule has 0 amide bonds. The Hall–Kier alpha value is 0.426. The van der Waals surface area contributed by atoms with Gasteiger partial charge >= 0.3 is 16.8 Å². The Morgan fingerprint density at radius 3 is 0.826 bits per heavy atom. The summed E-state index contributed by atoms with van der Waals surface area (Å²) in [5, 5.41) is 20.1. The van der Waals surface area contributed by atoms with E-state index in [1.807, 2.05) is 0 Å². The fourth-order valence-electron chi connectivity index (χ4n) is 2.47. The second-order valence-electron chi connectivity index (χ2n) is 6.36. The Kier molecular flexibility index (Phi) is 37.2. The van der Waals surface area contributed by atoms with Gasteiger partial charge in [-0.2, -0.15) is 0 Å². The van der Waals surface area contributed by atoms with Crippen molar-refractivity contribution in [1.82, 2.24) is 0 Å². The molecular formula is C20H42CoO2. The SMILES string of the molecule is CCCCCCCCCC[O-].CCCCCCCCCC[O-].[Co+2]. The van der Waals surface area contributed by atoms with Crippen LogP contribution >= 0.6 is 0 Å². The maximum absolute atomic E-state index is 10.1. The molecule has 0 aliphatic rings. The third-order valence-electron chi connectivity index (χ3n) is 4.00. The summed E-state index contributed by atoms with van der Waals surface area (Å²) >= 11 is 0. The normalized spacial score (nSPS) is 9.91. The van der Waals surface area contributed by atoms with Crippen molar-refractivity contribution in [3.8, 4) is 0 Å². The number of unbranched alkanes of at least 4 members (excludes halogenated alkanes) is 14. The van der Waals surface area contributed by atoms with E-state index in [-0.39, 0.29) is 30.0 Å². The van der Waals surface area contributed by atoms with E-state index in [2.05, 4.69) is 13.8 Å². The van der Waals surface area contributed by atoms with Crippen LogP contribution in [0.4, 0.5) is 0 Å². The van der Waals surface area contributed by atoms with Gasteiger partial charge in [0.1, 0.15) is 0 Å². The maximum atomic E-state index is 10.1. The van der Waals surface area contributed by atoms with Crippen molar-refractivity contribution in [3.63, 3.8) is 0 Å². The predicted molar refractivity (Wildman–Crippen MR) is 95.0 cm³/mol. The summed E-state index contributed by atoms with van der Waals surface area (Å²) in [5.74, 6) is 0. The van der Waals surface area contributed by atoms with Crippen molar-refractivity contribution in [2.24, 2.45) is 0 Å². The molecule has 0 aromatic rings. The molecule has 0 bridgehead atoms. The molecule has 0 heterocycles. The van der Waals surface area contributed by atoms with Crippen LogP contribution in [0.2, 0.25) is 0 Å². The van der Waals surface area contributed by atoms with Crippen LogP contribution in [0.15, 0.2) is 0 Å². The van der Waals surface area contributed by atoms with Gasteiger partial charge in [-0.25, -0.2) is 0 Å². The Morgan fingerprint density at radius 2 is 0.609 bits per heavy atom. The van der Waals surface area contributed by atoms with Gasteiger partial charge in [0.15, 0.2) is 0 Å². The van der Waals surface area contributed by atoms with Gasteiger partial charge in [0.25, 0.3) is 0 Å². The summed E-state index contributed by atoms with van der Waals surface area (Å²) in [6.07, 6.45) is 20.2. The number of hydrogen-bond donors (Lipinski definition) is 0. The first-order valence-electron chi connectivity index (χ1n) is 9.99. The zero-order valence-corrected chi connectivity index (χ0v) is 16.9. The summed E-state index contributed by atoms with van der Waals surface area (Å²) in [4.78, 5) is 0. The van der Waals surface area contributed by atoms with Gasteiger partial charge in [-0.1, -0.05) is 117 Å². The van der Waals surface area contributed by atoms with Gasteiger partial charge in [-0.15, -0.1) is 13.2 Å². The van der Waals surface area contributed by atoms with Crippen molar-refractivity contribution < 1.29 is 27.0 Å². The molecule has 0 saturated carbocycles. The number of hydrogen-bond acceptors (Lipinski definition) is 2. The molecule has 0 aliphatic carbocycles. The fourth-order valence-corrected chi connectivity index (χ4v) is 2.47. The molecule has 0 aromatic carbocycles. The van der Waals surface area contributed by atoms with Crippen molar-refractivity contribution in [3.05, 3.63) is 0 Å².